The van der Waals surface area contributed by atoms with Crippen LogP contribution in [0.25, 0.3) is 0 Å². The molecule has 25 heavy (non-hydrogen) atoms. The molecule has 2 aliphatic rings. The quantitative estimate of drug-likeness (QED) is 0.849. The lowest BCUT2D eigenvalue weighted by molar-refractivity contribution is 0.0963. The molecule has 0 saturated carbocycles. The maximum Gasteiger partial charge on any atom is 0.414 e. The first-order chi connectivity index (χ1) is 12.1. The van der Waals surface area contributed by atoms with Crippen LogP contribution in [0.5, 0.6) is 0 Å². The van der Waals surface area contributed by atoms with Gasteiger partial charge in [-0.15, -0.1) is 0 Å². The molecular weight excluding hydrogens is 325 g/mol. The number of hydrogen-bond donors (Lipinski definition) is 1. The Hall–Kier alpha value is -2.59. The molecule has 0 aliphatic carbocycles. The fourth-order valence-electron chi connectivity index (χ4n) is 3.18. The number of carbonyl (C=O) groups is 1. The molecule has 0 radical (unpaired) electrons. The van der Waals surface area contributed by atoms with Crippen molar-refractivity contribution in [3.8, 4) is 6.07 Å². The fourth-order valence-corrected chi connectivity index (χ4v) is 3.18. The summed E-state index contributed by atoms with van der Waals surface area (Å²) in [5.41, 5.74) is 2.17. The molecular formula is C18H20FN3O3. The number of anilines is 2. The second-order valence-electron chi connectivity index (χ2n) is 6.15. The molecule has 1 aromatic rings. The molecule has 2 fully saturated rings. The van der Waals surface area contributed by atoms with Crippen LogP contribution >= 0.6 is 0 Å². The van der Waals surface area contributed by atoms with Crippen LogP contribution in [-0.2, 0) is 4.74 Å². The van der Waals surface area contributed by atoms with Crippen LogP contribution < -0.4 is 9.80 Å². The monoisotopic (exact) mass is 345 g/mol. The number of nitriles is 1. The summed E-state index contributed by atoms with van der Waals surface area (Å²) in [6.07, 6.45) is 2.86. The van der Waals surface area contributed by atoms with Gasteiger partial charge in [0.15, 0.2) is 0 Å². The molecule has 1 atom stereocenters. The number of amides is 1. The first-order valence-corrected chi connectivity index (χ1v) is 8.30. The Kier molecular flexibility index (Phi) is 5.19. The van der Waals surface area contributed by atoms with Crippen molar-refractivity contribution in [3.05, 3.63) is 35.7 Å². The molecule has 0 bridgehead atoms. The molecule has 1 N–H and O–H groups in total. The van der Waals surface area contributed by atoms with E-state index in [1.807, 2.05) is 11.0 Å². The maximum absolute atomic E-state index is 14.6. The average molecular weight is 345 g/mol. The fraction of sp³-hybridized carbons (Fsp3) is 0.444. The van der Waals surface area contributed by atoms with E-state index in [9.17, 15) is 9.18 Å². The van der Waals surface area contributed by atoms with Gasteiger partial charge >= 0.3 is 6.09 Å². The molecule has 2 aliphatic heterocycles. The number of aliphatic hydroxyl groups excluding tert-OH is 1. The zero-order valence-corrected chi connectivity index (χ0v) is 13.8. The van der Waals surface area contributed by atoms with Crippen molar-refractivity contribution in [2.75, 3.05) is 36.0 Å². The normalized spacial score (nSPS) is 20.4. The molecule has 7 heteroatoms. The second-order valence-corrected chi connectivity index (χ2v) is 6.15. The molecule has 1 amide bonds. The summed E-state index contributed by atoms with van der Waals surface area (Å²) in [6.45, 7) is 1.36. The number of allylic oxidation sites excluding steroid dienone is 1. The molecule has 2 heterocycles. The van der Waals surface area contributed by atoms with Crippen molar-refractivity contribution in [3.63, 3.8) is 0 Å². The minimum Gasteiger partial charge on any atom is -0.441 e. The highest BCUT2D eigenvalue weighted by atomic mass is 19.1. The third kappa shape index (κ3) is 3.74. The zero-order valence-electron chi connectivity index (χ0n) is 13.8. The van der Waals surface area contributed by atoms with Gasteiger partial charge in [0.25, 0.3) is 0 Å². The summed E-state index contributed by atoms with van der Waals surface area (Å²) >= 11 is 0. The SMILES string of the molecule is N#CCC=C1CCN(c2ccc(N3C[C@H](CO)OC3=O)cc2F)CC1. The van der Waals surface area contributed by atoms with Crippen LogP contribution in [-0.4, -0.2) is 43.5 Å². The van der Waals surface area contributed by atoms with Crippen LogP contribution in [0.1, 0.15) is 19.3 Å². The third-order valence-corrected chi connectivity index (χ3v) is 4.55. The molecule has 6 nitrogen and oxygen atoms in total. The number of rotatable bonds is 4. The Morgan fingerprint density at radius 1 is 1.40 bits per heavy atom. The van der Waals surface area contributed by atoms with E-state index in [0.717, 1.165) is 12.8 Å². The van der Waals surface area contributed by atoms with E-state index in [4.69, 9.17) is 15.1 Å². The number of aliphatic hydroxyl groups is 1. The highest BCUT2D eigenvalue weighted by Gasteiger charge is 2.32. The summed E-state index contributed by atoms with van der Waals surface area (Å²) in [4.78, 5) is 15.1. The van der Waals surface area contributed by atoms with Crippen LogP contribution in [0.2, 0.25) is 0 Å². The topological polar surface area (TPSA) is 76.8 Å². The lowest BCUT2D eigenvalue weighted by atomic mass is 10.0. The van der Waals surface area contributed by atoms with Gasteiger partial charge in [0, 0.05) is 13.1 Å². The Bertz CT molecular complexity index is 719. The smallest absolute Gasteiger partial charge is 0.414 e. The van der Waals surface area contributed by atoms with Gasteiger partial charge in [-0.3, -0.25) is 4.90 Å². The summed E-state index contributed by atoms with van der Waals surface area (Å²) in [5.74, 6) is -0.387. The maximum atomic E-state index is 14.6. The Labute approximate surface area is 145 Å². The van der Waals surface area contributed by atoms with Crippen LogP contribution in [0, 0.1) is 17.1 Å². The van der Waals surface area contributed by atoms with Crippen molar-refractivity contribution < 1.29 is 19.0 Å². The van der Waals surface area contributed by atoms with Gasteiger partial charge in [-0.25, -0.2) is 9.18 Å². The van der Waals surface area contributed by atoms with Gasteiger partial charge in [-0.05, 0) is 31.0 Å². The number of cyclic esters (lactones) is 1. The Morgan fingerprint density at radius 2 is 2.16 bits per heavy atom. The van der Waals surface area contributed by atoms with Gasteiger partial charge in [0.05, 0.1) is 37.0 Å². The molecule has 3 rings (SSSR count). The van der Waals surface area contributed by atoms with Crippen LogP contribution in [0.3, 0.4) is 0 Å². The highest BCUT2D eigenvalue weighted by molar-refractivity contribution is 5.90. The van der Waals surface area contributed by atoms with E-state index in [1.54, 1.807) is 12.1 Å². The molecule has 132 valence electrons. The Morgan fingerprint density at radius 3 is 2.76 bits per heavy atom. The van der Waals surface area contributed by atoms with E-state index < -0.39 is 12.2 Å². The minimum atomic E-state index is -0.573. The highest BCUT2D eigenvalue weighted by Crippen LogP contribution is 2.30. The number of nitrogens with zero attached hydrogens (tertiary/aromatic N) is 3. The van der Waals surface area contributed by atoms with Crippen molar-refractivity contribution >= 4 is 17.5 Å². The summed E-state index contributed by atoms with van der Waals surface area (Å²) in [6, 6.07) is 6.80. The van der Waals surface area contributed by atoms with E-state index in [-0.39, 0.29) is 19.0 Å². The number of piperidine rings is 1. The standard InChI is InChI=1S/C18H20FN3O3/c19-16-10-14(22-11-15(12-23)25-18(22)24)3-4-17(16)21-8-5-13(6-9-21)2-1-7-20/h2-4,10,15,23H,1,5-6,8-9,11-12H2/t15-/m1/s1. The first-order valence-electron chi connectivity index (χ1n) is 8.30. The van der Waals surface area contributed by atoms with Gasteiger partial charge < -0.3 is 14.7 Å². The predicted octanol–water partition coefficient (Wildman–Crippen LogP) is 2.58. The van der Waals surface area contributed by atoms with Crippen molar-refractivity contribution in [1.29, 1.82) is 5.26 Å². The molecule has 0 spiro atoms. The minimum absolute atomic E-state index is 0.213. The van der Waals surface area contributed by atoms with Crippen molar-refractivity contribution in [2.45, 2.75) is 25.4 Å². The second kappa shape index (κ2) is 7.53. The third-order valence-electron chi connectivity index (χ3n) is 4.55. The number of ether oxygens (including phenoxy) is 1. The van der Waals surface area contributed by atoms with Crippen molar-refractivity contribution in [1.82, 2.24) is 0 Å². The summed E-state index contributed by atoms with van der Waals surface area (Å²) in [7, 11) is 0. The summed E-state index contributed by atoms with van der Waals surface area (Å²) < 4.78 is 19.5. The van der Waals surface area contributed by atoms with Gasteiger partial charge in [0.2, 0.25) is 0 Å². The van der Waals surface area contributed by atoms with E-state index >= 15 is 0 Å². The van der Waals surface area contributed by atoms with Gasteiger partial charge in [-0.2, -0.15) is 5.26 Å². The van der Waals surface area contributed by atoms with Crippen LogP contribution in [0.4, 0.5) is 20.6 Å². The number of benzene rings is 1. The predicted molar refractivity (Wildman–Crippen MR) is 90.9 cm³/mol. The largest absolute Gasteiger partial charge is 0.441 e. The number of carbonyl (C=O) groups excluding carboxylic acids is 1. The molecule has 2 saturated heterocycles. The van der Waals surface area contributed by atoms with E-state index in [2.05, 4.69) is 6.07 Å². The summed E-state index contributed by atoms with van der Waals surface area (Å²) in [5, 5.41) is 17.7. The Balaban J connectivity index is 1.69. The van der Waals surface area contributed by atoms with Crippen molar-refractivity contribution in [2.24, 2.45) is 0 Å². The van der Waals surface area contributed by atoms with Gasteiger partial charge in [0.1, 0.15) is 11.9 Å². The number of hydrogen-bond acceptors (Lipinski definition) is 5. The van der Waals surface area contributed by atoms with Gasteiger partial charge in [-0.1, -0.05) is 11.6 Å². The molecule has 1 aromatic carbocycles. The zero-order chi connectivity index (χ0) is 17.8. The van der Waals surface area contributed by atoms with E-state index in [0.29, 0.717) is 30.9 Å². The molecule has 0 aromatic heterocycles. The number of halogens is 1. The first kappa shape index (κ1) is 17.2. The van der Waals surface area contributed by atoms with E-state index in [1.165, 1.54) is 16.5 Å². The average Bonchev–Trinajstić information content (AvgIpc) is 3.01. The lowest BCUT2D eigenvalue weighted by Gasteiger charge is -2.31. The van der Waals surface area contributed by atoms with Crippen LogP contribution in [0.15, 0.2) is 29.8 Å². The molecule has 0 unspecified atom stereocenters. The lowest BCUT2D eigenvalue weighted by Crippen LogP contribution is -2.31.